The molecule has 0 saturated heterocycles. The first-order chi connectivity index (χ1) is 14.0. The first kappa shape index (κ1) is 18.8. The average Bonchev–Trinajstić information content (AvgIpc) is 3.19. The molecule has 2 amide bonds. The van der Waals surface area contributed by atoms with Crippen LogP contribution in [0, 0.1) is 6.92 Å². The van der Waals surface area contributed by atoms with Crippen molar-refractivity contribution < 1.29 is 9.53 Å². The van der Waals surface area contributed by atoms with E-state index in [0.29, 0.717) is 12.2 Å². The van der Waals surface area contributed by atoms with Gasteiger partial charge in [-0.2, -0.15) is 0 Å². The zero-order valence-electron chi connectivity index (χ0n) is 16.5. The fourth-order valence-corrected chi connectivity index (χ4v) is 3.38. The van der Waals surface area contributed by atoms with E-state index in [0.717, 1.165) is 41.0 Å². The summed E-state index contributed by atoms with van der Waals surface area (Å²) in [4.78, 5) is 23.8. The van der Waals surface area contributed by atoms with Crippen LogP contribution in [0.4, 0.5) is 10.5 Å². The van der Waals surface area contributed by atoms with Gasteiger partial charge in [0.1, 0.15) is 5.75 Å². The summed E-state index contributed by atoms with van der Waals surface area (Å²) in [7, 11) is 1.65. The number of hydrogen-bond donors (Lipinski definition) is 2. The second-order valence-electron chi connectivity index (χ2n) is 7.24. The van der Waals surface area contributed by atoms with Crippen molar-refractivity contribution in [2.75, 3.05) is 11.9 Å². The molecule has 0 fully saturated rings. The highest BCUT2D eigenvalue weighted by atomic mass is 16.5. The van der Waals surface area contributed by atoms with Gasteiger partial charge in [0, 0.05) is 32.3 Å². The Balaban J connectivity index is 1.37. The van der Waals surface area contributed by atoms with Crippen LogP contribution in [0.2, 0.25) is 0 Å². The van der Waals surface area contributed by atoms with E-state index in [2.05, 4.69) is 34.9 Å². The minimum Gasteiger partial charge on any atom is -0.493 e. The molecule has 0 spiro atoms. The molecular formula is C23H23N3O3. The molecule has 148 valence electrons. The molecule has 6 nitrogen and oxygen atoms in total. The van der Waals surface area contributed by atoms with Crippen molar-refractivity contribution in [3.63, 3.8) is 0 Å². The highest BCUT2D eigenvalue weighted by Gasteiger charge is 2.12. The quantitative estimate of drug-likeness (QED) is 0.716. The van der Waals surface area contributed by atoms with E-state index in [4.69, 9.17) is 4.74 Å². The number of carbonyl (C=O) groups excluding carboxylic acids is 1. The van der Waals surface area contributed by atoms with Gasteiger partial charge in [-0.1, -0.05) is 30.3 Å². The van der Waals surface area contributed by atoms with Crippen molar-refractivity contribution in [2.45, 2.75) is 19.9 Å². The SMILES string of the molecule is Cc1cc(=O)n(C)cc1NC(=O)NCc1ccc(-c2ccc3c(c2)CCO3)cc1. The lowest BCUT2D eigenvalue weighted by Gasteiger charge is -2.11. The smallest absolute Gasteiger partial charge is 0.319 e. The van der Waals surface area contributed by atoms with Gasteiger partial charge in [0.2, 0.25) is 0 Å². The summed E-state index contributed by atoms with van der Waals surface area (Å²) in [6.45, 7) is 2.96. The number of carbonyl (C=O) groups is 1. The van der Waals surface area contributed by atoms with Gasteiger partial charge in [0.15, 0.2) is 0 Å². The molecule has 1 aliphatic rings. The molecule has 0 bridgehead atoms. The Hall–Kier alpha value is -3.54. The Bertz CT molecular complexity index is 1120. The maximum Gasteiger partial charge on any atom is 0.319 e. The normalized spacial score (nSPS) is 12.2. The molecular weight excluding hydrogens is 366 g/mol. The van der Waals surface area contributed by atoms with Gasteiger partial charge in [0.25, 0.3) is 5.56 Å². The summed E-state index contributed by atoms with van der Waals surface area (Å²) in [5.41, 5.74) is 5.78. The lowest BCUT2D eigenvalue weighted by molar-refractivity contribution is 0.251. The van der Waals surface area contributed by atoms with Gasteiger partial charge < -0.3 is 19.9 Å². The number of ether oxygens (including phenoxy) is 1. The molecule has 2 aromatic carbocycles. The number of nitrogens with one attached hydrogen (secondary N) is 2. The van der Waals surface area contributed by atoms with Crippen LogP contribution < -0.4 is 20.9 Å². The molecule has 0 saturated carbocycles. The van der Waals surface area contributed by atoms with E-state index >= 15 is 0 Å². The van der Waals surface area contributed by atoms with Crippen LogP contribution in [0.15, 0.2) is 59.5 Å². The number of anilines is 1. The van der Waals surface area contributed by atoms with Crippen molar-refractivity contribution in [1.82, 2.24) is 9.88 Å². The van der Waals surface area contributed by atoms with Gasteiger partial charge in [-0.25, -0.2) is 4.79 Å². The van der Waals surface area contributed by atoms with Crippen LogP contribution in [-0.2, 0) is 20.0 Å². The number of benzene rings is 2. The maximum atomic E-state index is 12.2. The van der Waals surface area contributed by atoms with Crippen LogP contribution in [0.25, 0.3) is 11.1 Å². The van der Waals surface area contributed by atoms with Crippen molar-refractivity contribution in [2.24, 2.45) is 7.05 Å². The number of urea groups is 1. The number of aromatic nitrogens is 1. The highest BCUT2D eigenvalue weighted by Crippen LogP contribution is 2.30. The lowest BCUT2D eigenvalue weighted by atomic mass is 10.0. The molecule has 4 rings (SSSR count). The summed E-state index contributed by atoms with van der Waals surface area (Å²) in [5.74, 6) is 0.981. The van der Waals surface area contributed by atoms with Crippen molar-refractivity contribution >= 4 is 11.7 Å². The first-order valence-electron chi connectivity index (χ1n) is 9.57. The second-order valence-corrected chi connectivity index (χ2v) is 7.24. The minimum absolute atomic E-state index is 0.107. The topological polar surface area (TPSA) is 72.4 Å². The number of fused-ring (bicyclic) bond motifs is 1. The molecule has 6 heteroatoms. The van der Waals surface area contributed by atoms with Gasteiger partial charge in [-0.3, -0.25) is 4.79 Å². The summed E-state index contributed by atoms with van der Waals surface area (Å²) in [6, 6.07) is 15.6. The molecule has 3 aromatic rings. The molecule has 29 heavy (non-hydrogen) atoms. The Morgan fingerprint density at radius 3 is 2.66 bits per heavy atom. The summed E-state index contributed by atoms with van der Waals surface area (Å²) in [6.07, 6.45) is 2.57. The van der Waals surface area contributed by atoms with Crippen LogP contribution >= 0.6 is 0 Å². The third-order valence-electron chi connectivity index (χ3n) is 5.11. The molecule has 0 atom stereocenters. The van der Waals surface area contributed by atoms with Crippen LogP contribution in [-0.4, -0.2) is 17.2 Å². The fourth-order valence-electron chi connectivity index (χ4n) is 3.38. The van der Waals surface area contributed by atoms with E-state index in [-0.39, 0.29) is 11.6 Å². The minimum atomic E-state index is -0.311. The fraction of sp³-hybridized carbons (Fsp3) is 0.217. The number of amides is 2. The van der Waals surface area contributed by atoms with E-state index in [1.54, 1.807) is 20.2 Å². The van der Waals surface area contributed by atoms with Crippen LogP contribution in [0.3, 0.4) is 0 Å². The second kappa shape index (κ2) is 7.83. The lowest BCUT2D eigenvalue weighted by Crippen LogP contribution is -2.29. The molecule has 1 aliphatic heterocycles. The highest BCUT2D eigenvalue weighted by molar-refractivity contribution is 5.89. The Labute approximate surface area is 169 Å². The molecule has 0 aliphatic carbocycles. The number of aryl methyl sites for hydroxylation is 2. The predicted molar refractivity (Wildman–Crippen MR) is 113 cm³/mol. The van der Waals surface area contributed by atoms with E-state index in [1.807, 2.05) is 18.2 Å². The Morgan fingerprint density at radius 1 is 1.10 bits per heavy atom. The molecule has 1 aromatic heterocycles. The van der Waals surface area contributed by atoms with E-state index in [9.17, 15) is 9.59 Å². The van der Waals surface area contributed by atoms with Crippen molar-refractivity contribution in [3.8, 4) is 16.9 Å². The van der Waals surface area contributed by atoms with E-state index < -0.39 is 0 Å². The zero-order valence-corrected chi connectivity index (χ0v) is 16.5. The number of pyridine rings is 1. The maximum absolute atomic E-state index is 12.2. The number of hydrogen-bond acceptors (Lipinski definition) is 3. The standard InChI is InChI=1S/C23H23N3O3/c1-15-11-22(27)26(2)14-20(15)25-23(28)24-13-16-3-5-17(6-4-16)18-7-8-21-19(12-18)9-10-29-21/h3-8,11-12,14H,9-10,13H2,1-2H3,(H2,24,25,28). The molecule has 0 radical (unpaired) electrons. The van der Waals surface area contributed by atoms with Gasteiger partial charge in [0.05, 0.1) is 12.3 Å². The first-order valence-corrected chi connectivity index (χ1v) is 9.57. The van der Waals surface area contributed by atoms with Crippen molar-refractivity contribution in [3.05, 3.63) is 81.8 Å². The Kier molecular flexibility index (Phi) is 5.08. The van der Waals surface area contributed by atoms with Gasteiger partial charge >= 0.3 is 6.03 Å². The van der Waals surface area contributed by atoms with Crippen LogP contribution in [0.5, 0.6) is 5.75 Å². The largest absolute Gasteiger partial charge is 0.493 e. The molecule has 0 unspecified atom stereocenters. The third-order valence-corrected chi connectivity index (χ3v) is 5.11. The summed E-state index contributed by atoms with van der Waals surface area (Å²) in [5, 5.41) is 5.64. The van der Waals surface area contributed by atoms with Crippen LogP contribution in [0.1, 0.15) is 16.7 Å². The third kappa shape index (κ3) is 4.16. The monoisotopic (exact) mass is 389 g/mol. The predicted octanol–water partition coefficient (Wildman–Crippen LogP) is 3.62. The Morgan fingerprint density at radius 2 is 1.86 bits per heavy atom. The summed E-state index contributed by atoms with van der Waals surface area (Å²) >= 11 is 0. The number of rotatable bonds is 4. The molecule has 2 heterocycles. The van der Waals surface area contributed by atoms with E-state index in [1.165, 1.54) is 16.2 Å². The summed E-state index contributed by atoms with van der Waals surface area (Å²) < 4.78 is 7.00. The van der Waals surface area contributed by atoms with Gasteiger partial charge in [-0.15, -0.1) is 0 Å². The zero-order chi connectivity index (χ0) is 20.4. The molecule has 2 N–H and O–H groups in total. The van der Waals surface area contributed by atoms with Gasteiger partial charge in [-0.05, 0) is 46.9 Å². The average molecular weight is 389 g/mol. The van der Waals surface area contributed by atoms with Crippen molar-refractivity contribution in [1.29, 1.82) is 0 Å². The number of nitrogens with zero attached hydrogens (tertiary/aromatic N) is 1.